The second-order valence-corrected chi connectivity index (χ2v) is 2.98. The topological polar surface area (TPSA) is 38.9 Å². The van der Waals surface area contributed by atoms with Crippen LogP contribution in [-0.4, -0.2) is 4.98 Å². The Hall–Kier alpha value is -1.15. The maximum Gasteiger partial charge on any atom is 0.0448 e. The van der Waals surface area contributed by atoms with Crippen LogP contribution in [0.4, 0.5) is 0 Å². The number of aromatic nitrogens is 1. The van der Waals surface area contributed by atoms with Crippen molar-refractivity contribution in [2.24, 2.45) is 5.73 Å². The zero-order valence-corrected chi connectivity index (χ0v) is 8.25. The fourth-order valence-electron chi connectivity index (χ4n) is 1.27. The molecule has 2 N–H and O–H groups in total. The molecule has 1 aromatic heterocycles. The number of pyridine rings is 1. The highest BCUT2D eigenvalue weighted by Gasteiger charge is 2.00. The summed E-state index contributed by atoms with van der Waals surface area (Å²) in [5.74, 6) is 0. The number of rotatable bonds is 3. The first-order chi connectivity index (χ1) is 6.29. The van der Waals surface area contributed by atoms with Crippen molar-refractivity contribution in [1.82, 2.24) is 4.98 Å². The Labute approximate surface area is 79.5 Å². The number of aryl methyl sites for hydroxylation is 1. The molecule has 0 aliphatic heterocycles. The molecule has 13 heavy (non-hydrogen) atoms. The van der Waals surface area contributed by atoms with E-state index in [0.717, 1.165) is 17.7 Å². The summed E-state index contributed by atoms with van der Waals surface area (Å²) in [4.78, 5) is 4.23. The molecule has 0 spiro atoms. The molecule has 0 amide bonds. The average Bonchev–Trinajstić information content (AvgIpc) is 2.15. The summed E-state index contributed by atoms with van der Waals surface area (Å²) in [6.07, 6.45) is 7.08. The molecule has 0 aliphatic rings. The van der Waals surface area contributed by atoms with Crippen molar-refractivity contribution in [1.29, 1.82) is 0 Å². The number of nitrogens with zero attached hydrogens (tertiary/aromatic N) is 1. The molecule has 70 valence electrons. The molecular formula is C11H16N2. The Morgan fingerprint density at radius 1 is 1.54 bits per heavy atom. The maximum atomic E-state index is 5.63. The summed E-state index contributed by atoms with van der Waals surface area (Å²) >= 11 is 0. The largest absolute Gasteiger partial charge is 0.326 e. The van der Waals surface area contributed by atoms with Crippen molar-refractivity contribution in [3.63, 3.8) is 0 Å². The number of hydrogen-bond acceptors (Lipinski definition) is 2. The minimum Gasteiger partial charge on any atom is -0.326 e. The van der Waals surface area contributed by atoms with Gasteiger partial charge in [-0.3, -0.25) is 4.98 Å². The maximum absolute atomic E-state index is 5.63. The zero-order chi connectivity index (χ0) is 9.68. The monoisotopic (exact) mass is 176 g/mol. The molecule has 1 rings (SSSR count). The van der Waals surface area contributed by atoms with Crippen molar-refractivity contribution in [3.8, 4) is 0 Å². The Balaban J connectivity index is 3.07. The molecular weight excluding hydrogens is 160 g/mol. The highest BCUT2D eigenvalue weighted by molar-refractivity contribution is 5.55. The summed E-state index contributed by atoms with van der Waals surface area (Å²) in [6, 6.07) is 1.97. The molecule has 0 saturated carbocycles. The van der Waals surface area contributed by atoms with Gasteiger partial charge in [0.15, 0.2) is 0 Å². The van der Waals surface area contributed by atoms with E-state index in [-0.39, 0.29) is 0 Å². The van der Waals surface area contributed by atoms with Gasteiger partial charge >= 0.3 is 0 Å². The lowest BCUT2D eigenvalue weighted by molar-refractivity contribution is 1.03. The van der Waals surface area contributed by atoms with Gasteiger partial charge in [-0.1, -0.05) is 19.1 Å². The van der Waals surface area contributed by atoms with Crippen molar-refractivity contribution in [2.45, 2.75) is 26.8 Å². The van der Waals surface area contributed by atoms with Gasteiger partial charge < -0.3 is 5.73 Å². The van der Waals surface area contributed by atoms with Crippen LogP contribution in [0.15, 0.2) is 18.3 Å². The smallest absolute Gasteiger partial charge is 0.0448 e. The molecule has 2 heteroatoms. The van der Waals surface area contributed by atoms with Gasteiger partial charge in [0.05, 0.1) is 0 Å². The van der Waals surface area contributed by atoms with E-state index < -0.39 is 0 Å². The molecule has 0 fully saturated rings. The summed E-state index contributed by atoms with van der Waals surface area (Å²) in [6.45, 7) is 4.70. The summed E-state index contributed by atoms with van der Waals surface area (Å²) in [7, 11) is 0. The fraction of sp³-hybridized carbons (Fsp3) is 0.364. The van der Waals surface area contributed by atoms with Gasteiger partial charge in [-0.2, -0.15) is 0 Å². The molecule has 0 aromatic carbocycles. The first-order valence-electron chi connectivity index (χ1n) is 4.60. The Kier molecular flexibility index (Phi) is 3.65. The third-order valence-electron chi connectivity index (χ3n) is 2.02. The van der Waals surface area contributed by atoms with Crippen LogP contribution in [0.1, 0.15) is 30.2 Å². The van der Waals surface area contributed by atoms with E-state index >= 15 is 0 Å². The van der Waals surface area contributed by atoms with E-state index in [1.807, 2.05) is 13.0 Å². The molecule has 0 unspecified atom stereocenters. The predicted molar refractivity (Wildman–Crippen MR) is 56.2 cm³/mol. The highest BCUT2D eigenvalue weighted by atomic mass is 14.7. The SMILES string of the molecule is CC/C=C\c1c(CN)ccnc1C. The summed E-state index contributed by atoms with van der Waals surface area (Å²) in [5.41, 5.74) is 9.02. The van der Waals surface area contributed by atoms with Gasteiger partial charge in [-0.25, -0.2) is 0 Å². The molecule has 0 radical (unpaired) electrons. The van der Waals surface area contributed by atoms with Gasteiger partial charge in [0.1, 0.15) is 0 Å². The van der Waals surface area contributed by atoms with Crippen molar-refractivity contribution in [3.05, 3.63) is 35.2 Å². The van der Waals surface area contributed by atoms with Crippen LogP contribution in [-0.2, 0) is 6.54 Å². The molecule has 2 nitrogen and oxygen atoms in total. The van der Waals surface area contributed by atoms with Gasteiger partial charge in [0, 0.05) is 18.4 Å². The first kappa shape index (κ1) is 9.93. The third kappa shape index (κ3) is 2.39. The Bertz CT molecular complexity index is 303. The molecule has 1 aromatic rings. The van der Waals surface area contributed by atoms with Crippen LogP contribution in [0.25, 0.3) is 6.08 Å². The lowest BCUT2D eigenvalue weighted by Crippen LogP contribution is -2.01. The fourth-order valence-corrected chi connectivity index (χ4v) is 1.27. The minimum absolute atomic E-state index is 0.576. The second kappa shape index (κ2) is 4.77. The van der Waals surface area contributed by atoms with Crippen LogP contribution >= 0.6 is 0 Å². The summed E-state index contributed by atoms with van der Waals surface area (Å²) in [5, 5.41) is 0. The van der Waals surface area contributed by atoms with Crippen LogP contribution in [0.3, 0.4) is 0 Å². The summed E-state index contributed by atoms with van der Waals surface area (Å²) < 4.78 is 0. The third-order valence-corrected chi connectivity index (χ3v) is 2.02. The first-order valence-corrected chi connectivity index (χ1v) is 4.60. The Morgan fingerprint density at radius 3 is 2.92 bits per heavy atom. The molecule has 0 saturated heterocycles. The lowest BCUT2D eigenvalue weighted by atomic mass is 10.1. The highest BCUT2D eigenvalue weighted by Crippen LogP contribution is 2.13. The minimum atomic E-state index is 0.576. The van der Waals surface area contributed by atoms with Gasteiger partial charge in [-0.15, -0.1) is 0 Å². The van der Waals surface area contributed by atoms with E-state index in [2.05, 4.69) is 24.1 Å². The van der Waals surface area contributed by atoms with Crippen molar-refractivity contribution < 1.29 is 0 Å². The number of hydrogen-bond donors (Lipinski definition) is 1. The van der Waals surface area contributed by atoms with E-state index in [9.17, 15) is 0 Å². The normalized spacial score (nSPS) is 11.0. The molecule has 0 atom stereocenters. The molecule has 0 bridgehead atoms. The van der Waals surface area contributed by atoms with Crippen molar-refractivity contribution >= 4 is 6.08 Å². The quantitative estimate of drug-likeness (QED) is 0.767. The predicted octanol–water partition coefficient (Wildman–Crippen LogP) is 2.27. The van der Waals surface area contributed by atoms with Crippen LogP contribution in [0.5, 0.6) is 0 Å². The number of nitrogens with two attached hydrogens (primary N) is 1. The zero-order valence-electron chi connectivity index (χ0n) is 8.25. The average molecular weight is 176 g/mol. The molecule has 0 aliphatic carbocycles. The van der Waals surface area contributed by atoms with Crippen LogP contribution < -0.4 is 5.73 Å². The van der Waals surface area contributed by atoms with Gasteiger partial charge in [0.25, 0.3) is 0 Å². The van der Waals surface area contributed by atoms with E-state index in [0.29, 0.717) is 6.54 Å². The van der Waals surface area contributed by atoms with E-state index in [4.69, 9.17) is 5.73 Å². The number of allylic oxidation sites excluding steroid dienone is 1. The second-order valence-electron chi connectivity index (χ2n) is 2.98. The van der Waals surface area contributed by atoms with Crippen LogP contribution in [0.2, 0.25) is 0 Å². The lowest BCUT2D eigenvalue weighted by Gasteiger charge is -2.05. The van der Waals surface area contributed by atoms with E-state index in [1.54, 1.807) is 6.20 Å². The van der Waals surface area contributed by atoms with Crippen LogP contribution in [0, 0.1) is 6.92 Å². The Morgan fingerprint density at radius 2 is 2.31 bits per heavy atom. The molecule has 1 heterocycles. The van der Waals surface area contributed by atoms with Gasteiger partial charge in [-0.05, 0) is 30.5 Å². The van der Waals surface area contributed by atoms with Gasteiger partial charge in [0.2, 0.25) is 0 Å². The van der Waals surface area contributed by atoms with Crippen molar-refractivity contribution in [2.75, 3.05) is 0 Å². The standard InChI is InChI=1S/C11H16N2/c1-3-4-5-11-9(2)13-7-6-10(11)8-12/h4-7H,3,8,12H2,1-2H3/b5-4-. The van der Waals surface area contributed by atoms with E-state index in [1.165, 1.54) is 5.56 Å².